The van der Waals surface area contributed by atoms with E-state index >= 15 is 0 Å². The first kappa shape index (κ1) is 16.5. The number of nitrogens with zero attached hydrogens (tertiary/aromatic N) is 4. The van der Waals surface area contributed by atoms with Gasteiger partial charge in [0.2, 0.25) is 0 Å². The number of piperidine rings is 1. The van der Waals surface area contributed by atoms with E-state index in [2.05, 4.69) is 19.7 Å². The van der Waals surface area contributed by atoms with Gasteiger partial charge in [-0.15, -0.1) is 10.2 Å². The zero-order valence-corrected chi connectivity index (χ0v) is 14.9. The van der Waals surface area contributed by atoms with Crippen molar-refractivity contribution < 1.29 is 9.47 Å². The van der Waals surface area contributed by atoms with E-state index in [1.807, 2.05) is 0 Å². The van der Waals surface area contributed by atoms with Crippen molar-refractivity contribution in [1.82, 2.24) is 19.7 Å². The summed E-state index contributed by atoms with van der Waals surface area (Å²) >= 11 is 0. The molecule has 134 valence electrons. The highest BCUT2D eigenvalue weighted by Crippen LogP contribution is 2.42. The number of aromatic nitrogens is 3. The summed E-state index contributed by atoms with van der Waals surface area (Å²) in [7, 11) is 1.73. The zero-order chi connectivity index (χ0) is 16.4. The third-order valence-corrected chi connectivity index (χ3v) is 6.49. The molecule has 6 nitrogen and oxygen atoms in total. The van der Waals surface area contributed by atoms with Crippen LogP contribution in [-0.4, -0.2) is 59.1 Å². The van der Waals surface area contributed by atoms with Crippen LogP contribution in [0.15, 0.2) is 0 Å². The zero-order valence-electron chi connectivity index (χ0n) is 14.9. The molecule has 0 saturated carbocycles. The summed E-state index contributed by atoms with van der Waals surface area (Å²) in [5, 5.41) is 8.71. The van der Waals surface area contributed by atoms with Gasteiger partial charge in [0, 0.05) is 39.3 Å². The molecule has 1 aromatic rings. The molecule has 2 saturated heterocycles. The minimum Gasteiger partial charge on any atom is -0.381 e. The van der Waals surface area contributed by atoms with E-state index in [-0.39, 0.29) is 0 Å². The first-order valence-electron chi connectivity index (χ1n) is 9.51. The lowest BCUT2D eigenvalue weighted by molar-refractivity contribution is 0.00143. The maximum atomic E-state index is 5.52. The van der Waals surface area contributed by atoms with E-state index in [0.717, 1.165) is 43.9 Å². The van der Waals surface area contributed by atoms with Crippen LogP contribution in [0.4, 0.5) is 0 Å². The fraction of sp³-hybridized carbons (Fsp3) is 0.889. The number of hydrogen-bond acceptors (Lipinski definition) is 5. The molecule has 0 amide bonds. The third kappa shape index (κ3) is 3.24. The molecular formula is C18H30N4O2. The Balaban J connectivity index is 1.38. The van der Waals surface area contributed by atoms with E-state index in [4.69, 9.17) is 9.47 Å². The van der Waals surface area contributed by atoms with Gasteiger partial charge in [0.25, 0.3) is 0 Å². The van der Waals surface area contributed by atoms with Gasteiger partial charge >= 0.3 is 0 Å². The van der Waals surface area contributed by atoms with Gasteiger partial charge in [0.15, 0.2) is 5.82 Å². The van der Waals surface area contributed by atoms with E-state index in [9.17, 15) is 0 Å². The summed E-state index contributed by atoms with van der Waals surface area (Å²) in [6.45, 7) is 6.04. The highest BCUT2D eigenvalue weighted by atomic mass is 16.5. The van der Waals surface area contributed by atoms with Crippen LogP contribution in [0.5, 0.6) is 0 Å². The molecule has 24 heavy (non-hydrogen) atoms. The molecule has 0 aromatic carbocycles. The van der Waals surface area contributed by atoms with Crippen LogP contribution in [0, 0.1) is 5.41 Å². The van der Waals surface area contributed by atoms with Gasteiger partial charge in [-0.3, -0.25) is 0 Å². The number of likely N-dealkylation sites (tertiary alicyclic amines) is 1. The van der Waals surface area contributed by atoms with E-state index < -0.39 is 0 Å². The maximum absolute atomic E-state index is 5.52. The largest absolute Gasteiger partial charge is 0.381 e. The third-order valence-electron chi connectivity index (χ3n) is 6.49. The van der Waals surface area contributed by atoms with Gasteiger partial charge in [0.1, 0.15) is 12.4 Å². The Labute approximate surface area is 144 Å². The van der Waals surface area contributed by atoms with Crippen molar-refractivity contribution in [3.63, 3.8) is 0 Å². The molecule has 0 bridgehead atoms. The average Bonchev–Trinajstić information content (AvgIpc) is 2.93. The summed E-state index contributed by atoms with van der Waals surface area (Å²) in [5.41, 5.74) is 0.507. The molecule has 3 aliphatic heterocycles. The lowest BCUT2D eigenvalue weighted by atomic mass is 9.72. The lowest BCUT2D eigenvalue weighted by Crippen LogP contribution is -2.47. The molecule has 3 aliphatic rings. The molecule has 0 unspecified atom stereocenters. The minimum atomic E-state index is 0.507. The van der Waals surface area contributed by atoms with Gasteiger partial charge in [-0.25, -0.2) is 0 Å². The van der Waals surface area contributed by atoms with Crippen LogP contribution in [-0.2, 0) is 29.0 Å². The van der Waals surface area contributed by atoms with E-state index in [1.165, 1.54) is 51.6 Å². The highest BCUT2D eigenvalue weighted by molar-refractivity contribution is 5.01. The number of fused-ring (bicyclic) bond motifs is 1. The van der Waals surface area contributed by atoms with Crippen molar-refractivity contribution in [3.8, 4) is 0 Å². The molecule has 4 rings (SSSR count). The second kappa shape index (κ2) is 7.10. The quantitative estimate of drug-likeness (QED) is 0.846. The first-order valence-corrected chi connectivity index (χ1v) is 9.51. The standard InChI is InChI=1S/C18H30N4O2/c1-23-14-17-20-19-16-2-5-18(8-11-22(16)17)6-9-21(10-7-18)15-3-12-24-13-4-15/h15H,2-14H2,1H3. The number of methoxy groups -OCH3 is 1. The van der Waals surface area contributed by atoms with Crippen molar-refractivity contribution in [3.05, 3.63) is 11.6 Å². The second-order valence-electron chi connectivity index (χ2n) is 7.75. The van der Waals surface area contributed by atoms with Gasteiger partial charge in [-0.05, 0) is 57.0 Å². The highest BCUT2D eigenvalue weighted by Gasteiger charge is 2.38. The Morgan fingerprint density at radius 1 is 1.08 bits per heavy atom. The molecule has 4 heterocycles. The molecule has 0 aliphatic carbocycles. The molecule has 2 fully saturated rings. The summed E-state index contributed by atoms with van der Waals surface area (Å²) in [4.78, 5) is 2.73. The predicted octanol–water partition coefficient (Wildman–Crippen LogP) is 2.02. The summed E-state index contributed by atoms with van der Waals surface area (Å²) in [6.07, 6.45) is 8.69. The van der Waals surface area contributed by atoms with Crippen molar-refractivity contribution in [2.75, 3.05) is 33.4 Å². The fourth-order valence-corrected chi connectivity index (χ4v) is 4.82. The Hall–Kier alpha value is -0.980. The van der Waals surface area contributed by atoms with Crippen LogP contribution in [0.1, 0.15) is 50.2 Å². The van der Waals surface area contributed by atoms with Crippen LogP contribution in [0.3, 0.4) is 0 Å². The number of ether oxygens (including phenoxy) is 2. The van der Waals surface area contributed by atoms with Crippen LogP contribution >= 0.6 is 0 Å². The first-order chi connectivity index (χ1) is 11.8. The van der Waals surface area contributed by atoms with Crippen molar-refractivity contribution in [2.24, 2.45) is 5.41 Å². The monoisotopic (exact) mass is 334 g/mol. The molecule has 0 atom stereocenters. The Kier molecular flexibility index (Phi) is 4.88. The van der Waals surface area contributed by atoms with E-state index in [1.54, 1.807) is 7.11 Å². The SMILES string of the molecule is COCc1nnc2n1CCC1(CC2)CCN(C2CCOCC2)CC1. The van der Waals surface area contributed by atoms with E-state index in [0.29, 0.717) is 12.0 Å². The van der Waals surface area contributed by atoms with Crippen molar-refractivity contribution in [2.45, 2.75) is 64.1 Å². The molecular weight excluding hydrogens is 304 g/mol. The fourth-order valence-electron chi connectivity index (χ4n) is 4.82. The maximum Gasteiger partial charge on any atom is 0.159 e. The Bertz CT molecular complexity index is 545. The number of hydrogen-bond donors (Lipinski definition) is 0. The molecule has 6 heteroatoms. The Morgan fingerprint density at radius 2 is 1.83 bits per heavy atom. The molecule has 1 aromatic heterocycles. The second-order valence-corrected chi connectivity index (χ2v) is 7.75. The number of rotatable bonds is 3. The smallest absolute Gasteiger partial charge is 0.159 e. The lowest BCUT2D eigenvalue weighted by Gasteiger charge is -2.45. The van der Waals surface area contributed by atoms with Crippen LogP contribution < -0.4 is 0 Å². The van der Waals surface area contributed by atoms with Crippen LogP contribution in [0.25, 0.3) is 0 Å². The minimum absolute atomic E-state index is 0.507. The van der Waals surface area contributed by atoms with Gasteiger partial charge < -0.3 is 18.9 Å². The van der Waals surface area contributed by atoms with Crippen molar-refractivity contribution >= 4 is 0 Å². The summed E-state index contributed by atoms with van der Waals surface area (Å²) in [6, 6.07) is 0.759. The van der Waals surface area contributed by atoms with Gasteiger partial charge in [-0.1, -0.05) is 0 Å². The predicted molar refractivity (Wildman–Crippen MR) is 90.8 cm³/mol. The molecule has 1 spiro atoms. The summed E-state index contributed by atoms with van der Waals surface area (Å²) in [5.74, 6) is 2.15. The topological polar surface area (TPSA) is 52.4 Å². The van der Waals surface area contributed by atoms with Crippen LogP contribution in [0.2, 0.25) is 0 Å². The van der Waals surface area contributed by atoms with Gasteiger partial charge in [0.05, 0.1) is 0 Å². The molecule has 0 radical (unpaired) electrons. The average molecular weight is 334 g/mol. The van der Waals surface area contributed by atoms with Gasteiger partial charge in [-0.2, -0.15) is 0 Å². The Morgan fingerprint density at radius 3 is 2.58 bits per heavy atom. The summed E-state index contributed by atoms with van der Waals surface area (Å²) < 4.78 is 13.1. The molecule has 0 N–H and O–H groups in total. The van der Waals surface area contributed by atoms with Crippen molar-refractivity contribution in [1.29, 1.82) is 0 Å². The number of aryl methyl sites for hydroxylation is 1. The normalized spacial score (nSPS) is 25.5.